The van der Waals surface area contributed by atoms with E-state index in [0.717, 1.165) is 51.6 Å². The van der Waals surface area contributed by atoms with Gasteiger partial charge in [-0.25, -0.2) is 9.80 Å². The Balaban J connectivity index is 1.51. The van der Waals surface area contributed by atoms with E-state index >= 15 is 0 Å². The van der Waals surface area contributed by atoms with Crippen LogP contribution < -0.4 is 5.43 Å². The molecule has 124 valence electrons. The Labute approximate surface area is 137 Å². The fraction of sp³-hybridized carbons (Fsp3) is 0.765. The molecule has 4 fully saturated rings. The summed E-state index contributed by atoms with van der Waals surface area (Å²) in [5.74, 6) is 3.31. The number of hydrogen-bond acceptors (Lipinski definition) is 4. The molecule has 1 saturated carbocycles. The van der Waals surface area contributed by atoms with E-state index in [1.54, 1.807) is 9.80 Å². The summed E-state index contributed by atoms with van der Waals surface area (Å²) >= 11 is 0. The third-order valence-electron chi connectivity index (χ3n) is 5.99. The van der Waals surface area contributed by atoms with Crippen molar-refractivity contribution in [3.8, 4) is 12.3 Å². The van der Waals surface area contributed by atoms with Gasteiger partial charge in [-0.2, -0.15) is 0 Å². The van der Waals surface area contributed by atoms with Crippen LogP contribution in [-0.4, -0.2) is 64.5 Å². The van der Waals surface area contributed by atoms with E-state index in [4.69, 9.17) is 6.42 Å². The molecule has 6 heteroatoms. The summed E-state index contributed by atoms with van der Waals surface area (Å²) in [5.41, 5.74) is 3.38. The highest BCUT2D eigenvalue weighted by Gasteiger charge is 2.51. The van der Waals surface area contributed by atoms with Gasteiger partial charge in [0.2, 0.25) is 0 Å². The van der Waals surface area contributed by atoms with Crippen LogP contribution in [0.2, 0.25) is 0 Å². The smallest absolute Gasteiger partial charge is 0.312 e. The molecule has 3 aliphatic heterocycles. The van der Waals surface area contributed by atoms with Gasteiger partial charge in [0.05, 0.1) is 6.54 Å². The molecule has 6 nitrogen and oxygen atoms in total. The standard InChI is InChI=1S/C17H24N4O2/c1-2-8-20-15-10-13(7-6-12(15)11-18-20)21-16(22)14-5-3-4-9-19(14)17(21)23/h1,12-15,18H,3-11H2. The Morgan fingerprint density at radius 1 is 1.22 bits per heavy atom. The summed E-state index contributed by atoms with van der Waals surface area (Å²) in [7, 11) is 0. The molecule has 0 spiro atoms. The summed E-state index contributed by atoms with van der Waals surface area (Å²) in [5, 5.41) is 2.12. The van der Waals surface area contributed by atoms with Gasteiger partial charge in [-0.3, -0.25) is 15.1 Å². The minimum atomic E-state index is -0.197. The van der Waals surface area contributed by atoms with Crippen LogP contribution in [0.5, 0.6) is 0 Å². The number of nitrogens with one attached hydrogen (secondary N) is 1. The zero-order valence-electron chi connectivity index (χ0n) is 13.4. The van der Waals surface area contributed by atoms with Crippen LogP contribution in [0.15, 0.2) is 0 Å². The van der Waals surface area contributed by atoms with E-state index in [1.807, 2.05) is 0 Å². The highest BCUT2D eigenvalue weighted by atomic mass is 16.2. The van der Waals surface area contributed by atoms with E-state index in [0.29, 0.717) is 18.5 Å². The molecule has 4 atom stereocenters. The molecule has 0 aromatic rings. The number of carbonyl (C=O) groups excluding carboxylic acids is 2. The number of carbonyl (C=O) groups is 2. The van der Waals surface area contributed by atoms with E-state index in [2.05, 4.69) is 16.4 Å². The average molecular weight is 316 g/mol. The molecular weight excluding hydrogens is 292 g/mol. The van der Waals surface area contributed by atoms with Gasteiger partial charge in [-0.1, -0.05) is 5.92 Å². The first-order valence-electron chi connectivity index (χ1n) is 8.78. The van der Waals surface area contributed by atoms with Gasteiger partial charge < -0.3 is 4.90 Å². The predicted octanol–water partition coefficient (Wildman–Crippen LogP) is 0.794. The molecule has 4 rings (SSSR count). The molecule has 3 heterocycles. The normalized spacial score (nSPS) is 37.7. The van der Waals surface area contributed by atoms with Crippen LogP contribution in [0.1, 0.15) is 38.5 Å². The van der Waals surface area contributed by atoms with Crippen molar-refractivity contribution < 1.29 is 9.59 Å². The molecule has 1 N–H and O–H groups in total. The molecule has 3 saturated heterocycles. The first kappa shape index (κ1) is 15.0. The summed E-state index contributed by atoms with van der Waals surface area (Å²) < 4.78 is 0. The number of nitrogens with zero attached hydrogens (tertiary/aromatic N) is 3. The number of terminal acetylenes is 1. The van der Waals surface area contributed by atoms with Crippen molar-refractivity contribution in [2.24, 2.45) is 5.92 Å². The molecule has 0 radical (unpaired) electrons. The van der Waals surface area contributed by atoms with E-state index < -0.39 is 0 Å². The molecule has 3 amide bonds. The number of hydrogen-bond donors (Lipinski definition) is 1. The molecular formula is C17H24N4O2. The molecule has 23 heavy (non-hydrogen) atoms. The number of rotatable bonds is 2. The summed E-state index contributed by atoms with van der Waals surface area (Å²) in [4.78, 5) is 28.8. The minimum Gasteiger partial charge on any atom is -0.312 e. The monoisotopic (exact) mass is 316 g/mol. The maximum atomic E-state index is 12.8. The fourth-order valence-electron chi connectivity index (χ4n) is 4.81. The fourth-order valence-corrected chi connectivity index (χ4v) is 4.81. The quantitative estimate of drug-likeness (QED) is 0.605. The van der Waals surface area contributed by atoms with Gasteiger partial charge in [-0.05, 0) is 44.4 Å². The second kappa shape index (κ2) is 5.81. The lowest BCUT2D eigenvalue weighted by molar-refractivity contribution is -0.131. The summed E-state index contributed by atoms with van der Waals surface area (Å²) in [6.07, 6.45) is 11.1. The van der Waals surface area contributed by atoms with E-state index in [1.165, 1.54) is 0 Å². The average Bonchev–Trinajstić information content (AvgIpc) is 3.08. The second-order valence-electron chi connectivity index (χ2n) is 7.18. The Hall–Kier alpha value is -1.58. The van der Waals surface area contributed by atoms with Crippen molar-refractivity contribution in [1.82, 2.24) is 20.2 Å². The Morgan fingerprint density at radius 3 is 2.87 bits per heavy atom. The maximum Gasteiger partial charge on any atom is 0.327 e. The zero-order chi connectivity index (χ0) is 16.0. The largest absolute Gasteiger partial charge is 0.327 e. The number of imide groups is 1. The van der Waals surface area contributed by atoms with Gasteiger partial charge >= 0.3 is 6.03 Å². The third kappa shape index (κ3) is 2.34. The van der Waals surface area contributed by atoms with Crippen LogP contribution in [0.4, 0.5) is 4.79 Å². The van der Waals surface area contributed by atoms with Crippen LogP contribution in [0, 0.1) is 18.3 Å². The van der Waals surface area contributed by atoms with E-state index in [9.17, 15) is 9.59 Å². The minimum absolute atomic E-state index is 0.0297. The first-order valence-corrected chi connectivity index (χ1v) is 8.78. The maximum absolute atomic E-state index is 12.8. The van der Waals surface area contributed by atoms with Gasteiger partial charge in [0.15, 0.2) is 0 Å². The molecule has 0 aromatic heterocycles. The lowest BCUT2D eigenvalue weighted by Gasteiger charge is -2.37. The van der Waals surface area contributed by atoms with Crippen LogP contribution in [0.25, 0.3) is 0 Å². The highest BCUT2D eigenvalue weighted by molar-refractivity contribution is 6.04. The van der Waals surface area contributed by atoms with Gasteiger partial charge in [-0.15, -0.1) is 6.42 Å². The van der Waals surface area contributed by atoms with Crippen molar-refractivity contribution in [2.75, 3.05) is 19.6 Å². The summed E-state index contributed by atoms with van der Waals surface area (Å²) in [6.45, 7) is 2.26. The second-order valence-corrected chi connectivity index (χ2v) is 7.18. The van der Waals surface area contributed by atoms with Crippen molar-refractivity contribution in [2.45, 2.75) is 56.7 Å². The molecule has 0 bridgehead atoms. The van der Waals surface area contributed by atoms with Crippen LogP contribution in [0.3, 0.4) is 0 Å². The number of hydrazine groups is 1. The summed E-state index contributed by atoms with van der Waals surface area (Å²) in [6, 6.07) is 0.111. The lowest BCUT2D eigenvalue weighted by Crippen LogP contribution is -2.49. The number of piperidine rings is 1. The van der Waals surface area contributed by atoms with Crippen molar-refractivity contribution in [3.63, 3.8) is 0 Å². The SMILES string of the molecule is C#CCN1NCC2CCC(N3C(=O)C4CCCCN4C3=O)CC21. The molecule has 4 aliphatic rings. The topological polar surface area (TPSA) is 55.9 Å². The van der Waals surface area contributed by atoms with Crippen LogP contribution in [-0.2, 0) is 4.79 Å². The molecule has 4 unspecified atom stereocenters. The van der Waals surface area contributed by atoms with Crippen molar-refractivity contribution >= 4 is 11.9 Å². The highest BCUT2D eigenvalue weighted by Crippen LogP contribution is 2.37. The Kier molecular flexibility index (Phi) is 3.78. The van der Waals surface area contributed by atoms with Crippen molar-refractivity contribution in [3.05, 3.63) is 0 Å². The lowest BCUT2D eigenvalue weighted by atomic mass is 9.82. The Morgan fingerprint density at radius 2 is 2.09 bits per heavy atom. The predicted molar refractivity (Wildman–Crippen MR) is 85.0 cm³/mol. The van der Waals surface area contributed by atoms with Gasteiger partial charge in [0.1, 0.15) is 6.04 Å². The molecule has 1 aliphatic carbocycles. The van der Waals surface area contributed by atoms with Gasteiger partial charge in [0, 0.05) is 25.2 Å². The van der Waals surface area contributed by atoms with Gasteiger partial charge in [0.25, 0.3) is 5.91 Å². The van der Waals surface area contributed by atoms with Crippen molar-refractivity contribution in [1.29, 1.82) is 0 Å². The zero-order valence-corrected chi connectivity index (χ0v) is 13.4. The first-order chi connectivity index (χ1) is 11.2. The van der Waals surface area contributed by atoms with Crippen LogP contribution >= 0.6 is 0 Å². The van der Waals surface area contributed by atoms with E-state index in [-0.39, 0.29) is 24.0 Å². The Bertz CT molecular complexity index is 533. The number of urea groups is 1. The molecule has 0 aromatic carbocycles. The number of amides is 3. The third-order valence-corrected chi connectivity index (χ3v) is 5.99. The number of fused-ring (bicyclic) bond motifs is 2.